The summed E-state index contributed by atoms with van der Waals surface area (Å²) in [5.74, 6) is 12.6. The van der Waals surface area contributed by atoms with E-state index in [1.807, 2.05) is 84.9 Å². The predicted molar refractivity (Wildman–Crippen MR) is 161 cm³/mol. The molecule has 0 heterocycles. The number of benzene rings is 4. The van der Waals surface area contributed by atoms with E-state index in [2.05, 4.69) is 65.2 Å². The first-order valence-corrected chi connectivity index (χ1v) is 14.5. The largest absolute Gasteiger partial charge is 0.218 e. The van der Waals surface area contributed by atoms with Crippen molar-refractivity contribution < 1.29 is 8.42 Å². The first-order chi connectivity index (χ1) is 18.4. The molecule has 0 aliphatic rings. The smallest absolute Gasteiger partial charge is 0.209 e. The molecule has 2 nitrogen and oxygen atoms in total. The summed E-state index contributed by atoms with van der Waals surface area (Å²) in [6, 6.07) is 30.2. The van der Waals surface area contributed by atoms with Gasteiger partial charge in [-0.05, 0) is 70.5 Å². The van der Waals surface area contributed by atoms with E-state index in [0.717, 1.165) is 22.3 Å². The van der Waals surface area contributed by atoms with E-state index >= 15 is 0 Å². The van der Waals surface area contributed by atoms with Gasteiger partial charge < -0.3 is 0 Å². The molecule has 4 aromatic rings. The van der Waals surface area contributed by atoms with Gasteiger partial charge in [0.2, 0.25) is 9.84 Å². The van der Waals surface area contributed by atoms with E-state index in [0.29, 0.717) is 11.1 Å². The van der Waals surface area contributed by atoms with Gasteiger partial charge >= 0.3 is 0 Å². The molecule has 0 saturated carbocycles. The number of rotatable bonds is 2. The highest BCUT2D eigenvalue weighted by Crippen LogP contribution is 2.33. The Hall–Kier alpha value is -4.05. The summed E-state index contributed by atoms with van der Waals surface area (Å²) in [6.45, 7) is 12.6. The lowest BCUT2D eigenvalue weighted by molar-refractivity contribution is 0.583. The Labute approximate surface area is 234 Å². The Morgan fingerprint density at radius 3 is 1.18 bits per heavy atom. The highest BCUT2D eigenvalue weighted by molar-refractivity contribution is 7.91. The molecule has 4 aromatic carbocycles. The second kappa shape index (κ2) is 11.0. The first-order valence-electron chi connectivity index (χ1n) is 13.0. The Morgan fingerprint density at radius 1 is 0.487 bits per heavy atom. The monoisotopic (exact) mass is 530 g/mol. The lowest BCUT2D eigenvalue weighted by atomic mass is 9.86. The summed E-state index contributed by atoms with van der Waals surface area (Å²) < 4.78 is 28.6. The van der Waals surface area contributed by atoms with E-state index in [1.54, 1.807) is 12.1 Å². The fourth-order valence-corrected chi connectivity index (χ4v) is 5.63. The molecule has 0 saturated heterocycles. The van der Waals surface area contributed by atoms with Crippen LogP contribution in [-0.4, -0.2) is 8.42 Å². The van der Waals surface area contributed by atoms with Gasteiger partial charge in [-0.2, -0.15) is 0 Å². The van der Waals surface area contributed by atoms with E-state index in [4.69, 9.17) is 0 Å². The third-order valence-electron chi connectivity index (χ3n) is 6.50. The highest BCUT2D eigenvalue weighted by atomic mass is 32.2. The van der Waals surface area contributed by atoms with Crippen LogP contribution in [0.1, 0.15) is 74.9 Å². The zero-order valence-corrected chi connectivity index (χ0v) is 24.3. The van der Waals surface area contributed by atoms with Gasteiger partial charge in [-0.15, -0.1) is 0 Å². The molecule has 3 heteroatoms. The van der Waals surface area contributed by atoms with Crippen molar-refractivity contribution in [1.82, 2.24) is 0 Å². The molecule has 0 radical (unpaired) electrons. The molecule has 4 rings (SSSR count). The topological polar surface area (TPSA) is 34.1 Å². The number of sulfone groups is 1. The number of hydrogen-bond acceptors (Lipinski definition) is 2. The normalized spacial score (nSPS) is 11.6. The quantitative estimate of drug-likeness (QED) is 0.247. The summed E-state index contributed by atoms with van der Waals surface area (Å²) in [4.78, 5) is 0.371. The van der Waals surface area contributed by atoms with E-state index < -0.39 is 9.84 Å². The summed E-state index contributed by atoms with van der Waals surface area (Å²) >= 11 is 0. The van der Waals surface area contributed by atoms with Gasteiger partial charge in [0, 0.05) is 22.3 Å². The predicted octanol–water partition coefficient (Wildman–Crippen LogP) is 7.91. The zero-order chi connectivity index (χ0) is 28.3. The SMILES string of the molecule is CC(C)(C)c1ccc(S(=O)(=O)c2ccc(C(C)(C)C)cc2C#Cc2ccccc2)c(C#Cc2ccccc2)c1. The molecule has 39 heavy (non-hydrogen) atoms. The lowest BCUT2D eigenvalue weighted by Gasteiger charge is -2.21. The zero-order valence-electron chi connectivity index (χ0n) is 23.5. The van der Waals surface area contributed by atoms with Crippen LogP contribution >= 0.6 is 0 Å². The average Bonchev–Trinajstić information content (AvgIpc) is 2.90. The molecule has 0 fully saturated rings. The average molecular weight is 531 g/mol. The van der Waals surface area contributed by atoms with Crippen molar-refractivity contribution in [3.05, 3.63) is 130 Å². The van der Waals surface area contributed by atoms with Gasteiger partial charge in [-0.25, -0.2) is 8.42 Å². The third kappa shape index (κ3) is 6.69. The Balaban J connectivity index is 1.93. The molecule has 0 aliphatic carbocycles. The molecule has 0 N–H and O–H groups in total. The minimum absolute atomic E-state index is 0.161. The first kappa shape index (κ1) is 28.0. The number of hydrogen-bond donors (Lipinski definition) is 0. The molecular weight excluding hydrogens is 496 g/mol. The summed E-state index contributed by atoms with van der Waals surface area (Å²) in [5.41, 5.74) is 4.33. The second-order valence-electron chi connectivity index (χ2n) is 11.7. The van der Waals surface area contributed by atoms with E-state index in [9.17, 15) is 8.42 Å². The summed E-state index contributed by atoms with van der Waals surface area (Å²) in [6.07, 6.45) is 0. The second-order valence-corrected chi connectivity index (χ2v) is 13.5. The van der Waals surface area contributed by atoms with Gasteiger partial charge in [-0.1, -0.05) is 114 Å². The maximum Gasteiger partial charge on any atom is 0.209 e. The van der Waals surface area contributed by atoms with E-state index in [-0.39, 0.29) is 20.6 Å². The van der Waals surface area contributed by atoms with Gasteiger partial charge in [0.1, 0.15) is 0 Å². The Kier molecular flexibility index (Phi) is 7.87. The van der Waals surface area contributed by atoms with Gasteiger partial charge in [-0.3, -0.25) is 0 Å². The highest BCUT2D eigenvalue weighted by Gasteiger charge is 2.27. The van der Waals surface area contributed by atoms with Crippen LogP contribution in [0.15, 0.2) is 107 Å². The van der Waals surface area contributed by atoms with Crippen molar-refractivity contribution in [3.8, 4) is 23.7 Å². The molecule has 0 amide bonds. The molecule has 0 spiro atoms. The van der Waals surface area contributed by atoms with Crippen molar-refractivity contribution in [2.75, 3.05) is 0 Å². The van der Waals surface area contributed by atoms with Gasteiger partial charge in [0.15, 0.2) is 0 Å². The molecule has 0 unspecified atom stereocenters. The van der Waals surface area contributed by atoms with Gasteiger partial charge in [0.25, 0.3) is 0 Å². The summed E-state index contributed by atoms with van der Waals surface area (Å²) in [7, 11) is -3.94. The standard InChI is InChI=1S/C36H34O2S/c1-35(2,3)31-21-23-33(29(25-31)19-17-27-13-9-7-10-14-27)39(37,38)34-24-22-32(36(4,5)6)26-30(34)20-18-28-15-11-8-12-16-28/h7-16,21-26H,1-6H3. The maximum absolute atomic E-state index is 14.3. The fraction of sp³-hybridized carbons (Fsp3) is 0.222. The fourth-order valence-electron chi connectivity index (χ4n) is 4.10. The third-order valence-corrected chi connectivity index (χ3v) is 8.37. The minimum Gasteiger partial charge on any atom is -0.218 e. The molecule has 0 atom stereocenters. The molecule has 0 aromatic heterocycles. The van der Waals surface area contributed by atoms with Crippen molar-refractivity contribution in [2.45, 2.75) is 62.2 Å². The van der Waals surface area contributed by atoms with Crippen LogP contribution in [0.25, 0.3) is 0 Å². The van der Waals surface area contributed by atoms with Crippen molar-refractivity contribution in [3.63, 3.8) is 0 Å². The molecule has 196 valence electrons. The summed E-state index contributed by atoms with van der Waals surface area (Å²) in [5, 5.41) is 0. The maximum atomic E-state index is 14.3. The van der Waals surface area contributed by atoms with Crippen LogP contribution in [0.4, 0.5) is 0 Å². The van der Waals surface area contributed by atoms with Crippen LogP contribution in [0, 0.1) is 23.7 Å². The van der Waals surface area contributed by atoms with Crippen molar-refractivity contribution in [1.29, 1.82) is 0 Å². The molecule has 0 bridgehead atoms. The van der Waals surface area contributed by atoms with Crippen LogP contribution in [0.2, 0.25) is 0 Å². The van der Waals surface area contributed by atoms with Gasteiger partial charge in [0.05, 0.1) is 9.79 Å². The molecule has 0 aliphatic heterocycles. The Bertz CT molecular complexity index is 1590. The van der Waals surface area contributed by atoms with E-state index in [1.165, 1.54) is 0 Å². The van der Waals surface area contributed by atoms with Crippen molar-refractivity contribution in [2.24, 2.45) is 0 Å². The molecular formula is C36H34O2S. The van der Waals surface area contributed by atoms with Crippen molar-refractivity contribution >= 4 is 9.84 Å². The Morgan fingerprint density at radius 2 is 0.846 bits per heavy atom. The van der Waals surface area contributed by atoms with Crippen LogP contribution in [-0.2, 0) is 20.7 Å². The van der Waals surface area contributed by atoms with Crippen LogP contribution in [0.5, 0.6) is 0 Å². The minimum atomic E-state index is -3.94. The lowest BCUT2D eigenvalue weighted by Crippen LogP contribution is -2.15. The van der Waals surface area contributed by atoms with Crippen LogP contribution in [0.3, 0.4) is 0 Å². The van der Waals surface area contributed by atoms with Crippen LogP contribution < -0.4 is 0 Å².